The van der Waals surface area contributed by atoms with Crippen molar-refractivity contribution in [2.75, 3.05) is 11.5 Å². The number of amides is 1. The predicted molar refractivity (Wildman–Crippen MR) is 176 cm³/mol. The van der Waals surface area contributed by atoms with Gasteiger partial charge in [-0.05, 0) is 53.3 Å². The fraction of sp³-hybridized carbons (Fsp3) is 0.526. The number of pyridine rings is 1. The van der Waals surface area contributed by atoms with Gasteiger partial charge in [0.15, 0.2) is 12.4 Å². The topological polar surface area (TPSA) is 33.4 Å². The molecule has 0 spiro atoms. The van der Waals surface area contributed by atoms with Crippen LogP contribution in [0.15, 0.2) is 73.1 Å². The molecule has 3 rings (SSSR count). The van der Waals surface area contributed by atoms with E-state index in [0.29, 0.717) is 12.1 Å². The van der Waals surface area contributed by atoms with Gasteiger partial charge in [-0.15, -0.1) is 0 Å². The lowest BCUT2D eigenvalue weighted by Crippen LogP contribution is -3.00. The molecule has 0 aliphatic rings. The minimum absolute atomic E-state index is 0. The normalized spacial score (nSPS) is 11.2. The molecule has 0 unspecified atom stereocenters. The maximum Gasteiger partial charge on any atom is 0.264 e. The number of carbonyl (C=O) groups is 1. The van der Waals surface area contributed by atoms with Crippen LogP contribution in [0.4, 0.5) is 5.69 Å². The predicted octanol–water partition coefficient (Wildman–Crippen LogP) is 6.83. The Bertz CT molecular complexity index is 1210. The van der Waals surface area contributed by atoms with Gasteiger partial charge in [-0.2, -0.15) is 0 Å². The fourth-order valence-corrected chi connectivity index (χ4v) is 5.43. The van der Waals surface area contributed by atoms with E-state index in [1.165, 1.54) is 63.4 Å². The summed E-state index contributed by atoms with van der Waals surface area (Å²) >= 11 is 0. The van der Waals surface area contributed by atoms with E-state index < -0.39 is 0 Å². The number of unbranched alkanes of at least 4 members (excludes halogenated alkanes) is 9. The van der Waals surface area contributed by atoms with Gasteiger partial charge in [0.25, 0.3) is 5.91 Å². The molecule has 236 valence electrons. The molecule has 0 atom stereocenters. The molecule has 43 heavy (non-hydrogen) atoms. The second-order valence-corrected chi connectivity index (χ2v) is 12.7. The van der Waals surface area contributed by atoms with E-state index >= 15 is 0 Å². The lowest BCUT2D eigenvalue weighted by molar-refractivity contribution is -0.697. The first-order valence-electron chi connectivity index (χ1n) is 16.5. The molecule has 3 aromatic rings. The molecular formula is C38H55IN2O2. The van der Waals surface area contributed by atoms with Crippen molar-refractivity contribution in [3.05, 3.63) is 89.7 Å². The third-order valence-corrected chi connectivity index (χ3v) is 7.85. The van der Waals surface area contributed by atoms with Crippen molar-refractivity contribution in [3.8, 4) is 5.75 Å². The quantitative estimate of drug-likeness (QED) is 0.0830. The zero-order chi connectivity index (χ0) is 30.2. The van der Waals surface area contributed by atoms with Gasteiger partial charge >= 0.3 is 0 Å². The molecule has 0 radical (unpaired) electrons. The first-order valence-corrected chi connectivity index (χ1v) is 16.5. The molecule has 1 amide bonds. The van der Waals surface area contributed by atoms with Crippen molar-refractivity contribution in [1.82, 2.24) is 0 Å². The average Bonchev–Trinajstić information content (AvgIpc) is 2.99. The summed E-state index contributed by atoms with van der Waals surface area (Å²) in [5.41, 5.74) is 3.80. The Hall–Kier alpha value is -2.41. The van der Waals surface area contributed by atoms with Crippen LogP contribution in [0.3, 0.4) is 0 Å². The minimum Gasteiger partial charge on any atom is -1.00 e. The minimum atomic E-state index is -0.0736. The Morgan fingerprint density at radius 2 is 1.44 bits per heavy atom. The number of hydrogen-bond acceptors (Lipinski definition) is 2. The molecular weight excluding hydrogens is 643 g/mol. The average molecular weight is 699 g/mol. The van der Waals surface area contributed by atoms with E-state index in [1.807, 2.05) is 59.8 Å². The first kappa shape index (κ1) is 36.8. The van der Waals surface area contributed by atoms with Crippen LogP contribution in [-0.4, -0.2) is 12.5 Å². The van der Waals surface area contributed by atoms with Gasteiger partial charge in [0.2, 0.25) is 0 Å². The molecule has 0 aliphatic carbocycles. The van der Waals surface area contributed by atoms with Crippen molar-refractivity contribution in [3.63, 3.8) is 0 Å². The van der Waals surface area contributed by atoms with E-state index in [-0.39, 0.29) is 35.3 Å². The maximum atomic E-state index is 13.9. The zero-order valence-electron chi connectivity index (χ0n) is 27.4. The Balaban J connectivity index is 0.00000645. The Morgan fingerprint density at radius 3 is 2.07 bits per heavy atom. The van der Waals surface area contributed by atoms with Gasteiger partial charge in [0.1, 0.15) is 17.9 Å². The lowest BCUT2D eigenvalue weighted by atomic mass is 9.85. The van der Waals surface area contributed by atoms with Crippen LogP contribution in [0.1, 0.15) is 127 Å². The molecule has 0 bridgehead atoms. The monoisotopic (exact) mass is 698 g/mol. The second kappa shape index (κ2) is 19.8. The van der Waals surface area contributed by atoms with Crippen molar-refractivity contribution >= 4 is 11.6 Å². The van der Waals surface area contributed by atoms with E-state index in [0.717, 1.165) is 43.0 Å². The van der Waals surface area contributed by atoms with Crippen LogP contribution in [0.2, 0.25) is 0 Å². The molecule has 4 nitrogen and oxygen atoms in total. The molecule has 0 saturated heterocycles. The molecule has 5 heteroatoms. The summed E-state index contributed by atoms with van der Waals surface area (Å²) in [7, 11) is 0. The zero-order valence-corrected chi connectivity index (χ0v) is 29.6. The summed E-state index contributed by atoms with van der Waals surface area (Å²) in [5.74, 6) is 0.966. The first-order chi connectivity index (χ1) is 20.3. The third kappa shape index (κ3) is 12.6. The summed E-state index contributed by atoms with van der Waals surface area (Å²) in [6.07, 6.45) is 18.2. The largest absolute Gasteiger partial charge is 1.00 e. The number of aromatic nitrogens is 1. The summed E-state index contributed by atoms with van der Waals surface area (Å²) in [6, 6.07) is 20.3. The Labute approximate surface area is 279 Å². The van der Waals surface area contributed by atoms with Crippen LogP contribution >= 0.6 is 0 Å². The van der Waals surface area contributed by atoms with Gasteiger partial charge in [-0.1, -0.05) is 117 Å². The number of halogens is 1. The van der Waals surface area contributed by atoms with E-state index in [1.54, 1.807) is 0 Å². The van der Waals surface area contributed by atoms with Crippen molar-refractivity contribution in [2.45, 2.75) is 124 Å². The van der Waals surface area contributed by atoms with Gasteiger partial charge in [-0.3, -0.25) is 4.79 Å². The Kier molecular flexibility index (Phi) is 16.9. The number of para-hydroxylation sites is 1. The van der Waals surface area contributed by atoms with E-state index in [4.69, 9.17) is 4.74 Å². The van der Waals surface area contributed by atoms with Crippen LogP contribution in [0, 0.1) is 0 Å². The van der Waals surface area contributed by atoms with Crippen LogP contribution in [-0.2, 0) is 18.5 Å². The number of nitrogens with zero attached hydrogens (tertiary/aromatic N) is 2. The molecule has 2 aromatic carbocycles. The SMILES string of the molecule is CCCCCCCCCCCCOc1ccc(CN(C(=O)c2ccc[n+](CCC)c2)c2ccccc2)cc1C(C)(C)C.[I-]. The lowest BCUT2D eigenvalue weighted by Gasteiger charge is -2.26. The summed E-state index contributed by atoms with van der Waals surface area (Å²) in [4.78, 5) is 15.8. The summed E-state index contributed by atoms with van der Waals surface area (Å²) in [5, 5.41) is 0. The molecule has 0 saturated carbocycles. The summed E-state index contributed by atoms with van der Waals surface area (Å²) < 4.78 is 8.44. The van der Waals surface area contributed by atoms with Crippen LogP contribution in [0.25, 0.3) is 0 Å². The number of anilines is 1. The highest BCUT2D eigenvalue weighted by atomic mass is 127. The summed E-state index contributed by atoms with van der Waals surface area (Å²) in [6.45, 7) is 13.3. The standard InChI is InChI=1S/C38H55N2O2.HI/c1-6-8-9-10-11-12-13-14-15-19-28-42-36-25-24-32(29-35(36)38(3,4)5)30-40(34-22-17-16-18-23-34)37(41)33-21-20-27-39(31-33)26-7-2;/h16-18,20-25,27,29,31H,6-15,19,26,28,30H2,1-5H3;1H/q+1;/p-1. The number of rotatable bonds is 18. The number of hydrogen-bond donors (Lipinski definition) is 0. The second-order valence-electron chi connectivity index (χ2n) is 12.7. The van der Waals surface area contributed by atoms with Gasteiger partial charge < -0.3 is 33.6 Å². The maximum absolute atomic E-state index is 13.9. The molecule has 1 heterocycles. The van der Waals surface area contributed by atoms with Crippen LogP contribution < -0.4 is 38.2 Å². The molecule has 0 N–H and O–H groups in total. The molecule has 1 aromatic heterocycles. The number of ether oxygens (including phenoxy) is 1. The smallest absolute Gasteiger partial charge is 0.264 e. The molecule has 0 aliphatic heterocycles. The highest BCUT2D eigenvalue weighted by molar-refractivity contribution is 6.05. The number of benzene rings is 2. The van der Waals surface area contributed by atoms with Crippen molar-refractivity contribution < 1.29 is 38.1 Å². The van der Waals surface area contributed by atoms with E-state index in [9.17, 15) is 4.79 Å². The van der Waals surface area contributed by atoms with E-state index in [2.05, 4.69) is 57.4 Å². The highest BCUT2D eigenvalue weighted by Crippen LogP contribution is 2.33. The van der Waals surface area contributed by atoms with Crippen molar-refractivity contribution in [1.29, 1.82) is 0 Å². The van der Waals surface area contributed by atoms with Crippen molar-refractivity contribution in [2.24, 2.45) is 0 Å². The van der Waals surface area contributed by atoms with Gasteiger partial charge in [0, 0.05) is 18.2 Å². The van der Waals surface area contributed by atoms with Gasteiger partial charge in [-0.25, -0.2) is 4.57 Å². The number of aryl methyl sites for hydroxylation is 1. The highest BCUT2D eigenvalue weighted by Gasteiger charge is 2.23. The number of carbonyl (C=O) groups excluding carboxylic acids is 1. The van der Waals surface area contributed by atoms with Gasteiger partial charge in [0.05, 0.1) is 13.2 Å². The van der Waals surface area contributed by atoms with Crippen LogP contribution in [0.5, 0.6) is 5.75 Å². The molecule has 0 fully saturated rings. The Morgan fingerprint density at radius 1 is 0.791 bits per heavy atom. The third-order valence-electron chi connectivity index (χ3n) is 7.85. The fourth-order valence-electron chi connectivity index (χ4n) is 5.43.